The Labute approximate surface area is 181 Å². The highest BCUT2D eigenvalue weighted by atomic mass is 35.5. The molecule has 0 saturated heterocycles. The van der Waals surface area contributed by atoms with Crippen molar-refractivity contribution in [3.8, 4) is 23.0 Å². The Bertz CT molecular complexity index is 1250. The van der Waals surface area contributed by atoms with Crippen LogP contribution in [0.3, 0.4) is 0 Å². The van der Waals surface area contributed by atoms with Gasteiger partial charge in [-0.1, -0.05) is 11.6 Å². The number of fused-ring (bicyclic) bond motifs is 1. The first-order chi connectivity index (χ1) is 15.1. The highest BCUT2D eigenvalue weighted by molar-refractivity contribution is 6.34. The Morgan fingerprint density at radius 2 is 1.74 bits per heavy atom. The molecule has 1 amide bonds. The Kier molecular flexibility index (Phi) is 4.83. The monoisotopic (exact) mass is 438 g/mol. The van der Waals surface area contributed by atoms with Gasteiger partial charge in [0.05, 0.1) is 22.6 Å². The summed E-state index contributed by atoms with van der Waals surface area (Å²) in [6.45, 7) is 0.863. The third-order valence-corrected chi connectivity index (χ3v) is 5.10. The number of ether oxygens (including phenoxy) is 2. The van der Waals surface area contributed by atoms with Crippen LogP contribution in [0, 0.1) is 5.82 Å². The Morgan fingerprint density at radius 1 is 1.06 bits per heavy atom. The Morgan fingerprint density at radius 3 is 2.45 bits per heavy atom. The molecule has 7 nitrogen and oxygen atoms in total. The number of halogens is 2. The van der Waals surface area contributed by atoms with Crippen LogP contribution >= 0.6 is 11.6 Å². The quantitative estimate of drug-likeness (QED) is 0.510. The fourth-order valence-corrected chi connectivity index (χ4v) is 3.55. The average Bonchev–Trinajstić information content (AvgIpc) is 3.44. The van der Waals surface area contributed by atoms with Crippen molar-refractivity contribution in [2.75, 3.05) is 18.5 Å². The van der Waals surface area contributed by atoms with Crippen molar-refractivity contribution < 1.29 is 18.7 Å². The van der Waals surface area contributed by atoms with Crippen LogP contribution in [0.25, 0.3) is 11.5 Å². The standard InChI is InChI=1S/C22H16ClFN4O3/c23-17-11-19-20(31-10-9-30-19)12-18(17)26-21(29)16-13-25-28(15-5-3-14(24)4-6-15)22(16)27-7-1-2-8-27/h1-8,11-13H,9-10H2,(H,26,29). The van der Waals surface area contributed by atoms with E-state index in [2.05, 4.69) is 10.4 Å². The summed E-state index contributed by atoms with van der Waals surface area (Å²) in [6, 6.07) is 12.8. The number of nitrogens with zero attached hydrogens (tertiary/aromatic N) is 3. The molecule has 4 aromatic rings. The van der Waals surface area contributed by atoms with Crippen LogP contribution in [0.4, 0.5) is 10.1 Å². The Hall–Kier alpha value is -3.78. The fourth-order valence-electron chi connectivity index (χ4n) is 3.35. The molecule has 0 bridgehead atoms. The summed E-state index contributed by atoms with van der Waals surface area (Å²) in [4.78, 5) is 13.2. The first-order valence-electron chi connectivity index (χ1n) is 9.48. The third kappa shape index (κ3) is 3.62. The number of amides is 1. The normalized spacial score (nSPS) is 12.6. The predicted octanol–water partition coefficient (Wildman–Crippen LogP) is 4.48. The van der Waals surface area contributed by atoms with Crippen molar-refractivity contribution in [2.45, 2.75) is 0 Å². The van der Waals surface area contributed by atoms with E-state index >= 15 is 0 Å². The van der Waals surface area contributed by atoms with Crippen molar-refractivity contribution in [1.82, 2.24) is 14.3 Å². The maximum Gasteiger partial charge on any atom is 0.261 e. The van der Waals surface area contributed by atoms with E-state index < -0.39 is 5.91 Å². The lowest BCUT2D eigenvalue weighted by atomic mass is 10.2. The number of carbonyl (C=O) groups is 1. The number of hydrogen-bond acceptors (Lipinski definition) is 4. The zero-order chi connectivity index (χ0) is 21.4. The average molecular weight is 439 g/mol. The molecule has 0 aliphatic carbocycles. The summed E-state index contributed by atoms with van der Waals surface area (Å²) < 4.78 is 27.8. The topological polar surface area (TPSA) is 70.3 Å². The molecule has 0 spiro atoms. The minimum atomic E-state index is -0.407. The largest absolute Gasteiger partial charge is 0.486 e. The number of hydrogen-bond donors (Lipinski definition) is 1. The van der Waals surface area contributed by atoms with Crippen LogP contribution in [0.2, 0.25) is 5.02 Å². The second-order valence-electron chi connectivity index (χ2n) is 6.79. The SMILES string of the molecule is O=C(Nc1cc2c(cc1Cl)OCCO2)c1cnn(-c2ccc(F)cc2)c1-n1cccc1. The lowest BCUT2D eigenvalue weighted by Gasteiger charge is -2.20. The molecule has 31 heavy (non-hydrogen) atoms. The highest BCUT2D eigenvalue weighted by Crippen LogP contribution is 2.38. The molecule has 5 rings (SSSR count). The van der Waals surface area contributed by atoms with Gasteiger partial charge in [-0.3, -0.25) is 4.79 Å². The van der Waals surface area contributed by atoms with Crippen molar-refractivity contribution >= 4 is 23.2 Å². The summed E-state index contributed by atoms with van der Waals surface area (Å²) in [5, 5.41) is 7.51. The molecule has 156 valence electrons. The molecule has 1 N–H and O–H groups in total. The number of nitrogens with one attached hydrogen (secondary N) is 1. The van der Waals surface area contributed by atoms with Gasteiger partial charge in [-0.15, -0.1) is 0 Å². The molecule has 9 heteroatoms. The number of carbonyl (C=O) groups excluding carboxylic acids is 1. The number of anilines is 1. The van der Waals surface area contributed by atoms with Gasteiger partial charge in [0.2, 0.25) is 0 Å². The number of rotatable bonds is 4. The van der Waals surface area contributed by atoms with Gasteiger partial charge < -0.3 is 19.4 Å². The van der Waals surface area contributed by atoms with E-state index in [1.165, 1.54) is 18.3 Å². The van der Waals surface area contributed by atoms with Crippen LogP contribution in [-0.2, 0) is 0 Å². The highest BCUT2D eigenvalue weighted by Gasteiger charge is 2.22. The lowest BCUT2D eigenvalue weighted by molar-refractivity contribution is 0.102. The summed E-state index contributed by atoms with van der Waals surface area (Å²) in [7, 11) is 0. The molecule has 0 radical (unpaired) electrons. The molecular weight excluding hydrogens is 423 g/mol. The molecule has 0 saturated carbocycles. The Balaban J connectivity index is 1.53. The smallest absolute Gasteiger partial charge is 0.261 e. The minimum absolute atomic E-state index is 0.312. The van der Waals surface area contributed by atoms with Gasteiger partial charge in [0.25, 0.3) is 5.91 Å². The molecule has 2 aromatic heterocycles. The van der Waals surface area contributed by atoms with Gasteiger partial charge in [0.15, 0.2) is 17.3 Å². The first-order valence-corrected chi connectivity index (χ1v) is 9.86. The molecule has 0 atom stereocenters. The summed E-state index contributed by atoms with van der Waals surface area (Å²) >= 11 is 6.34. The minimum Gasteiger partial charge on any atom is -0.486 e. The number of benzene rings is 2. The molecule has 0 fully saturated rings. The first kappa shape index (κ1) is 19.2. The summed E-state index contributed by atoms with van der Waals surface area (Å²) in [6.07, 6.45) is 5.05. The van der Waals surface area contributed by atoms with E-state index in [0.29, 0.717) is 52.5 Å². The van der Waals surface area contributed by atoms with Crippen molar-refractivity contribution in [3.05, 3.63) is 83.5 Å². The van der Waals surface area contributed by atoms with E-state index in [1.807, 2.05) is 12.1 Å². The third-order valence-electron chi connectivity index (χ3n) is 4.79. The van der Waals surface area contributed by atoms with E-state index in [4.69, 9.17) is 21.1 Å². The van der Waals surface area contributed by atoms with Crippen LogP contribution in [0.1, 0.15) is 10.4 Å². The molecule has 2 aromatic carbocycles. The van der Waals surface area contributed by atoms with Gasteiger partial charge in [0, 0.05) is 24.5 Å². The van der Waals surface area contributed by atoms with E-state index in [1.54, 1.807) is 45.9 Å². The van der Waals surface area contributed by atoms with Gasteiger partial charge in [-0.2, -0.15) is 5.10 Å². The second-order valence-corrected chi connectivity index (χ2v) is 7.20. The van der Waals surface area contributed by atoms with Gasteiger partial charge >= 0.3 is 0 Å². The van der Waals surface area contributed by atoms with Crippen LogP contribution in [0.5, 0.6) is 11.5 Å². The van der Waals surface area contributed by atoms with Gasteiger partial charge in [-0.05, 0) is 36.4 Å². The van der Waals surface area contributed by atoms with Crippen LogP contribution in [-0.4, -0.2) is 33.5 Å². The maximum absolute atomic E-state index is 13.4. The van der Waals surface area contributed by atoms with Crippen molar-refractivity contribution in [1.29, 1.82) is 0 Å². The van der Waals surface area contributed by atoms with Crippen molar-refractivity contribution in [2.24, 2.45) is 0 Å². The summed E-state index contributed by atoms with van der Waals surface area (Å²) in [5.74, 6) is 0.785. The zero-order valence-corrected chi connectivity index (χ0v) is 16.8. The maximum atomic E-state index is 13.4. The van der Waals surface area contributed by atoms with Crippen LogP contribution in [0.15, 0.2) is 67.1 Å². The molecule has 1 aliphatic heterocycles. The van der Waals surface area contributed by atoms with Gasteiger partial charge in [-0.25, -0.2) is 9.07 Å². The molecule has 1 aliphatic rings. The van der Waals surface area contributed by atoms with Crippen molar-refractivity contribution in [3.63, 3.8) is 0 Å². The van der Waals surface area contributed by atoms with E-state index in [-0.39, 0.29) is 5.82 Å². The van der Waals surface area contributed by atoms with Gasteiger partial charge in [0.1, 0.15) is 24.6 Å². The zero-order valence-electron chi connectivity index (χ0n) is 16.1. The molecule has 3 heterocycles. The fraction of sp³-hybridized carbons (Fsp3) is 0.0909. The molecular formula is C22H16ClFN4O3. The van der Waals surface area contributed by atoms with E-state index in [9.17, 15) is 9.18 Å². The summed E-state index contributed by atoms with van der Waals surface area (Å²) in [5.41, 5.74) is 1.32. The number of aromatic nitrogens is 3. The lowest BCUT2D eigenvalue weighted by Crippen LogP contribution is -2.18. The second kappa shape index (κ2) is 7.81. The predicted molar refractivity (Wildman–Crippen MR) is 113 cm³/mol. The molecule has 0 unspecified atom stereocenters. The van der Waals surface area contributed by atoms with E-state index in [0.717, 1.165) is 0 Å². The van der Waals surface area contributed by atoms with Crippen LogP contribution < -0.4 is 14.8 Å².